The Bertz CT molecular complexity index is 681. The Morgan fingerprint density at radius 2 is 1.81 bits per heavy atom. The van der Waals surface area contributed by atoms with Gasteiger partial charge in [0.1, 0.15) is 4.21 Å². The lowest BCUT2D eigenvalue weighted by Gasteiger charge is -2.07. The average molecular weight is 386 g/mol. The van der Waals surface area contributed by atoms with Crippen LogP contribution < -0.4 is 4.72 Å². The van der Waals surface area contributed by atoms with Gasteiger partial charge in [-0.05, 0) is 18.6 Å². The van der Waals surface area contributed by atoms with E-state index in [0.29, 0.717) is 4.88 Å². The van der Waals surface area contributed by atoms with E-state index in [2.05, 4.69) is 4.72 Å². The van der Waals surface area contributed by atoms with E-state index < -0.39 is 43.8 Å². The summed E-state index contributed by atoms with van der Waals surface area (Å²) >= 11 is 0.782. The molecule has 0 saturated carbocycles. The summed E-state index contributed by atoms with van der Waals surface area (Å²) in [4.78, 5) is 0.383. The molecule has 1 rings (SSSR count). The highest BCUT2D eigenvalue weighted by Gasteiger charge is 2.27. The topological polar surface area (TPSA) is 80.3 Å². The standard InChI is InChI=1S/C9H11ClF3NO4S3/c10-21(17,18)8-3-2-7(19-8)6-14-20(15,16)5-1-4-9(11,12)13/h2-3,14H,1,4-6H2. The first-order valence-corrected chi connectivity index (χ1v) is 10.2. The second-order valence-corrected chi connectivity index (χ2v) is 9.90. The fourth-order valence-electron chi connectivity index (χ4n) is 1.30. The van der Waals surface area contributed by atoms with Crippen molar-refractivity contribution >= 4 is 41.1 Å². The van der Waals surface area contributed by atoms with Gasteiger partial charge in [0, 0.05) is 28.5 Å². The van der Waals surface area contributed by atoms with Crippen LogP contribution in [0.3, 0.4) is 0 Å². The van der Waals surface area contributed by atoms with Gasteiger partial charge in [-0.3, -0.25) is 0 Å². The molecule has 0 fully saturated rings. The van der Waals surface area contributed by atoms with Crippen LogP contribution in [0.2, 0.25) is 0 Å². The number of alkyl halides is 3. The summed E-state index contributed by atoms with van der Waals surface area (Å²) in [7, 11) is -2.62. The summed E-state index contributed by atoms with van der Waals surface area (Å²) in [6.07, 6.45) is -6.11. The van der Waals surface area contributed by atoms with Crippen molar-refractivity contribution in [3.05, 3.63) is 17.0 Å². The summed E-state index contributed by atoms with van der Waals surface area (Å²) in [5.74, 6) is -0.654. The maximum Gasteiger partial charge on any atom is 0.389 e. The number of rotatable bonds is 7. The molecular formula is C9H11ClF3NO4S3. The smallest absolute Gasteiger partial charge is 0.212 e. The summed E-state index contributed by atoms with van der Waals surface area (Å²) in [5, 5.41) is 0. The Hall–Kier alpha value is -0.360. The van der Waals surface area contributed by atoms with Crippen molar-refractivity contribution in [2.75, 3.05) is 5.75 Å². The number of sulfonamides is 1. The van der Waals surface area contributed by atoms with E-state index in [1.54, 1.807) is 0 Å². The van der Waals surface area contributed by atoms with Gasteiger partial charge in [0.2, 0.25) is 10.0 Å². The molecule has 0 bridgehead atoms. The van der Waals surface area contributed by atoms with Crippen molar-refractivity contribution in [2.45, 2.75) is 29.8 Å². The normalized spacial score (nSPS) is 13.5. The highest BCUT2D eigenvalue weighted by molar-refractivity contribution is 8.15. The van der Waals surface area contributed by atoms with Crippen LogP contribution in [0.1, 0.15) is 17.7 Å². The molecule has 0 amide bonds. The molecule has 1 aromatic rings. The molecule has 5 nitrogen and oxygen atoms in total. The van der Waals surface area contributed by atoms with Crippen molar-refractivity contribution in [2.24, 2.45) is 0 Å². The van der Waals surface area contributed by atoms with Crippen LogP contribution in [-0.2, 0) is 25.6 Å². The first-order chi connectivity index (χ1) is 9.39. The van der Waals surface area contributed by atoms with Gasteiger partial charge in [0.05, 0.1) is 5.75 Å². The zero-order valence-electron chi connectivity index (χ0n) is 10.4. The third-order valence-corrected chi connectivity index (χ3v) is 6.81. The van der Waals surface area contributed by atoms with Crippen LogP contribution in [0.15, 0.2) is 16.3 Å². The van der Waals surface area contributed by atoms with Crippen LogP contribution in [0.4, 0.5) is 13.2 Å². The minimum absolute atomic E-state index is 0.129. The first-order valence-electron chi connectivity index (χ1n) is 5.46. The van der Waals surface area contributed by atoms with E-state index in [-0.39, 0.29) is 10.8 Å². The van der Waals surface area contributed by atoms with Crippen LogP contribution in [0.5, 0.6) is 0 Å². The second-order valence-electron chi connectivity index (χ2n) is 4.02. The molecule has 0 spiro atoms. The Morgan fingerprint density at radius 1 is 1.19 bits per heavy atom. The minimum Gasteiger partial charge on any atom is -0.212 e. The van der Waals surface area contributed by atoms with Gasteiger partial charge in [0.25, 0.3) is 9.05 Å². The average Bonchev–Trinajstić information content (AvgIpc) is 2.72. The Balaban J connectivity index is 2.52. The number of hydrogen-bond acceptors (Lipinski definition) is 5. The fraction of sp³-hybridized carbons (Fsp3) is 0.556. The molecule has 12 heteroatoms. The van der Waals surface area contributed by atoms with E-state index in [1.165, 1.54) is 12.1 Å². The SMILES string of the molecule is O=S(=O)(CCCC(F)(F)F)NCc1ccc(S(=O)(=O)Cl)s1. The summed E-state index contributed by atoms with van der Waals surface area (Å²) in [6, 6.07) is 2.60. The second kappa shape index (κ2) is 6.82. The van der Waals surface area contributed by atoms with Gasteiger partial charge in [-0.15, -0.1) is 11.3 Å². The maximum atomic E-state index is 11.9. The molecule has 1 N–H and O–H groups in total. The number of halogens is 4. The quantitative estimate of drug-likeness (QED) is 0.731. The monoisotopic (exact) mass is 385 g/mol. The Kier molecular flexibility index (Phi) is 6.07. The minimum atomic E-state index is -4.40. The molecule has 0 radical (unpaired) electrons. The number of nitrogens with one attached hydrogen (secondary N) is 1. The molecule has 0 aliphatic carbocycles. The lowest BCUT2D eigenvalue weighted by Crippen LogP contribution is -2.26. The predicted octanol–water partition coefficient (Wildman–Crippen LogP) is 2.44. The third kappa shape index (κ3) is 7.45. The highest BCUT2D eigenvalue weighted by Crippen LogP contribution is 2.25. The van der Waals surface area contributed by atoms with Crippen LogP contribution in [-0.4, -0.2) is 28.8 Å². The predicted molar refractivity (Wildman–Crippen MR) is 73.3 cm³/mol. The highest BCUT2D eigenvalue weighted by atomic mass is 35.7. The largest absolute Gasteiger partial charge is 0.389 e. The zero-order chi connectivity index (χ0) is 16.3. The molecule has 0 atom stereocenters. The molecule has 0 aliphatic heterocycles. The van der Waals surface area contributed by atoms with Crippen LogP contribution in [0, 0.1) is 0 Å². The summed E-state index contributed by atoms with van der Waals surface area (Å²) in [6.45, 7) is -0.203. The zero-order valence-corrected chi connectivity index (χ0v) is 13.6. The first kappa shape index (κ1) is 18.7. The molecular weight excluding hydrogens is 375 g/mol. The van der Waals surface area contributed by atoms with Gasteiger partial charge < -0.3 is 0 Å². The number of hydrogen-bond donors (Lipinski definition) is 1. The molecule has 0 saturated heterocycles. The van der Waals surface area contributed by atoms with Crippen molar-refractivity contribution in [1.82, 2.24) is 4.72 Å². The Labute approximate surface area is 128 Å². The van der Waals surface area contributed by atoms with Gasteiger partial charge in [-0.25, -0.2) is 21.6 Å². The third-order valence-electron chi connectivity index (χ3n) is 2.22. The van der Waals surface area contributed by atoms with Gasteiger partial charge in [-0.2, -0.15) is 13.2 Å². The molecule has 122 valence electrons. The van der Waals surface area contributed by atoms with E-state index >= 15 is 0 Å². The lowest BCUT2D eigenvalue weighted by atomic mass is 10.3. The van der Waals surface area contributed by atoms with E-state index in [9.17, 15) is 30.0 Å². The van der Waals surface area contributed by atoms with E-state index in [4.69, 9.17) is 10.7 Å². The van der Waals surface area contributed by atoms with Gasteiger partial charge in [-0.1, -0.05) is 0 Å². The van der Waals surface area contributed by atoms with Crippen molar-refractivity contribution < 1.29 is 30.0 Å². The van der Waals surface area contributed by atoms with Crippen molar-refractivity contribution in [3.63, 3.8) is 0 Å². The van der Waals surface area contributed by atoms with Crippen LogP contribution >= 0.6 is 22.0 Å². The lowest BCUT2D eigenvalue weighted by molar-refractivity contribution is -0.134. The maximum absolute atomic E-state index is 11.9. The van der Waals surface area contributed by atoms with E-state index in [0.717, 1.165) is 11.3 Å². The van der Waals surface area contributed by atoms with Gasteiger partial charge >= 0.3 is 6.18 Å². The van der Waals surface area contributed by atoms with Gasteiger partial charge in [0.15, 0.2) is 0 Å². The molecule has 0 unspecified atom stereocenters. The molecule has 21 heavy (non-hydrogen) atoms. The molecule has 0 aliphatic rings. The molecule has 0 aromatic carbocycles. The fourth-order valence-corrected chi connectivity index (χ4v) is 4.50. The Morgan fingerprint density at radius 3 is 2.29 bits per heavy atom. The summed E-state index contributed by atoms with van der Waals surface area (Å²) < 4.78 is 82.7. The summed E-state index contributed by atoms with van der Waals surface area (Å²) in [5.41, 5.74) is 0. The van der Waals surface area contributed by atoms with Crippen LogP contribution in [0.25, 0.3) is 0 Å². The molecule has 1 heterocycles. The van der Waals surface area contributed by atoms with Crippen molar-refractivity contribution in [3.8, 4) is 0 Å². The number of thiophene rings is 1. The van der Waals surface area contributed by atoms with E-state index in [1.807, 2.05) is 0 Å². The molecule has 1 aromatic heterocycles. The van der Waals surface area contributed by atoms with Crippen molar-refractivity contribution in [1.29, 1.82) is 0 Å².